The van der Waals surface area contributed by atoms with E-state index in [0.29, 0.717) is 16.1 Å². The molecule has 0 radical (unpaired) electrons. The second kappa shape index (κ2) is 8.29. The zero-order chi connectivity index (χ0) is 19.2. The lowest BCUT2D eigenvalue weighted by atomic mass is 9.98. The fourth-order valence-electron chi connectivity index (χ4n) is 2.51. The average molecular weight is 379 g/mol. The van der Waals surface area contributed by atoms with Crippen LogP contribution in [0.25, 0.3) is 0 Å². The van der Waals surface area contributed by atoms with E-state index in [2.05, 4.69) is 10.9 Å². The molecule has 0 saturated carbocycles. The zero-order valence-electron chi connectivity index (χ0n) is 14.1. The van der Waals surface area contributed by atoms with Gasteiger partial charge in [0.25, 0.3) is 11.8 Å². The predicted molar refractivity (Wildman–Crippen MR) is 103 cm³/mol. The summed E-state index contributed by atoms with van der Waals surface area (Å²) < 4.78 is 0. The standard InChI is InChI=1S/C21H15ClN2O3/c22-16-10-6-9-15(13-16)20(26)23-24-21(27)18-12-5-4-11-17(18)19(25)14-7-2-1-3-8-14/h1-13H,(H,23,26)(H,24,27). The molecular weight excluding hydrogens is 364 g/mol. The number of amides is 2. The first-order valence-electron chi connectivity index (χ1n) is 8.11. The quantitative estimate of drug-likeness (QED) is 0.537. The molecule has 2 N–H and O–H groups in total. The lowest BCUT2D eigenvalue weighted by Crippen LogP contribution is -2.42. The number of rotatable bonds is 4. The van der Waals surface area contributed by atoms with Gasteiger partial charge in [-0.15, -0.1) is 0 Å². The molecule has 0 aliphatic rings. The molecule has 0 saturated heterocycles. The van der Waals surface area contributed by atoms with Gasteiger partial charge in [-0.2, -0.15) is 0 Å². The maximum Gasteiger partial charge on any atom is 0.270 e. The highest BCUT2D eigenvalue weighted by atomic mass is 35.5. The highest BCUT2D eigenvalue weighted by Gasteiger charge is 2.18. The van der Waals surface area contributed by atoms with E-state index in [1.807, 2.05) is 0 Å². The van der Waals surface area contributed by atoms with Gasteiger partial charge in [0.05, 0.1) is 5.56 Å². The third-order valence-corrected chi connectivity index (χ3v) is 4.06. The number of hydrogen-bond acceptors (Lipinski definition) is 3. The first-order valence-corrected chi connectivity index (χ1v) is 8.49. The molecule has 0 bridgehead atoms. The van der Waals surface area contributed by atoms with Crippen molar-refractivity contribution in [2.45, 2.75) is 0 Å². The normalized spacial score (nSPS) is 10.1. The highest BCUT2D eigenvalue weighted by molar-refractivity contribution is 6.31. The Morgan fingerprint density at radius 1 is 0.630 bits per heavy atom. The molecule has 0 fully saturated rings. The number of benzene rings is 3. The van der Waals surface area contributed by atoms with Crippen LogP contribution in [-0.2, 0) is 0 Å². The minimum Gasteiger partial charge on any atom is -0.289 e. The van der Waals surface area contributed by atoms with Crippen molar-refractivity contribution >= 4 is 29.2 Å². The van der Waals surface area contributed by atoms with Gasteiger partial charge in [0.2, 0.25) is 0 Å². The first-order chi connectivity index (χ1) is 13.1. The number of hydrazine groups is 1. The van der Waals surface area contributed by atoms with E-state index in [-0.39, 0.29) is 16.9 Å². The van der Waals surface area contributed by atoms with Crippen molar-refractivity contribution < 1.29 is 14.4 Å². The van der Waals surface area contributed by atoms with Crippen LogP contribution in [0.4, 0.5) is 0 Å². The summed E-state index contributed by atoms with van der Waals surface area (Å²) in [5, 5.41) is 0.410. The lowest BCUT2D eigenvalue weighted by Gasteiger charge is -2.11. The van der Waals surface area contributed by atoms with Crippen molar-refractivity contribution in [2.75, 3.05) is 0 Å². The van der Waals surface area contributed by atoms with Crippen molar-refractivity contribution in [3.8, 4) is 0 Å². The van der Waals surface area contributed by atoms with Crippen LogP contribution in [0.2, 0.25) is 5.02 Å². The van der Waals surface area contributed by atoms with E-state index in [4.69, 9.17) is 11.6 Å². The van der Waals surface area contributed by atoms with Gasteiger partial charge in [0.15, 0.2) is 5.78 Å². The molecule has 0 atom stereocenters. The minimum absolute atomic E-state index is 0.165. The van der Waals surface area contributed by atoms with Crippen LogP contribution in [0.5, 0.6) is 0 Å². The van der Waals surface area contributed by atoms with Gasteiger partial charge in [-0.25, -0.2) is 0 Å². The number of nitrogens with one attached hydrogen (secondary N) is 2. The third-order valence-electron chi connectivity index (χ3n) is 3.83. The molecule has 6 heteroatoms. The SMILES string of the molecule is O=C(NNC(=O)c1ccccc1C(=O)c1ccccc1)c1cccc(Cl)c1. The summed E-state index contributed by atoms with van der Waals surface area (Å²) >= 11 is 5.86. The van der Waals surface area contributed by atoms with Crippen LogP contribution in [0.1, 0.15) is 36.6 Å². The molecule has 3 aromatic carbocycles. The Labute approximate surface area is 160 Å². The fraction of sp³-hybridized carbons (Fsp3) is 0. The topological polar surface area (TPSA) is 75.3 Å². The van der Waals surface area contributed by atoms with Crippen LogP contribution >= 0.6 is 11.6 Å². The number of ketones is 1. The zero-order valence-corrected chi connectivity index (χ0v) is 14.9. The Kier molecular flexibility index (Phi) is 5.64. The summed E-state index contributed by atoms with van der Waals surface area (Å²) in [5.74, 6) is -1.38. The molecule has 27 heavy (non-hydrogen) atoms. The van der Waals surface area contributed by atoms with Gasteiger partial charge in [-0.05, 0) is 24.3 Å². The maximum absolute atomic E-state index is 12.7. The van der Waals surface area contributed by atoms with Crippen molar-refractivity contribution in [3.05, 3.63) is 106 Å². The second-order valence-electron chi connectivity index (χ2n) is 5.66. The highest BCUT2D eigenvalue weighted by Crippen LogP contribution is 2.15. The lowest BCUT2D eigenvalue weighted by molar-refractivity contribution is 0.0845. The second-order valence-corrected chi connectivity index (χ2v) is 6.10. The molecule has 0 unspecified atom stereocenters. The Bertz CT molecular complexity index is 1000. The number of carbonyl (C=O) groups is 3. The van der Waals surface area contributed by atoms with E-state index in [0.717, 1.165) is 0 Å². The van der Waals surface area contributed by atoms with E-state index >= 15 is 0 Å². The molecule has 3 rings (SSSR count). The maximum atomic E-state index is 12.7. The van der Waals surface area contributed by atoms with E-state index < -0.39 is 11.8 Å². The minimum atomic E-state index is -0.592. The number of carbonyl (C=O) groups excluding carboxylic acids is 3. The Balaban J connectivity index is 1.76. The Morgan fingerprint density at radius 2 is 1.22 bits per heavy atom. The van der Waals surface area contributed by atoms with E-state index in [1.54, 1.807) is 66.7 Å². The summed E-state index contributed by atoms with van der Waals surface area (Å²) in [6.45, 7) is 0. The summed E-state index contributed by atoms with van der Waals surface area (Å²) in [7, 11) is 0. The Morgan fingerprint density at radius 3 is 1.93 bits per heavy atom. The number of hydrogen-bond donors (Lipinski definition) is 2. The molecular formula is C21H15ClN2O3. The monoisotopic (exact) mass is 378 g/mol. The van der Waals surface area contributed by atoms with Gasteiger partial charge in [0.1, 0.15) is 0 Å². The number of halogens is 1. The molecule has 0 aliphatic carbocycles. The largest absolute Gasteiger partial charge is 0.289 e. The average Bonchev–Trinajstić information content (AvgIpc) is 2.72. The van der Waals surface area contributed by atoms with Crippen molar-refractivity contribution in [2.24, 2.45) is 0 Å². The molecule has 0 spiro atoms. The summed E-state index contributed by atoms with van der Waals surface area (Å²) in [4.78, 5) is 37.3. The van der Waals surface area contributed by atoms with Gasteiger partial charge in [0, 0.05) is 21.7 Å². The van der Waals surface area contributed by atoms with Gasteiger partial charge in [-0.1, -0.05) is 66.2 Å². The molecule has 3 aromatic rings. The van der Waals surface area contributed by atoms with Gasteiger partial charge in [-0.3, -0.25) is 25.2 Å². The summed E-state index contributed by atoms with van der Waals surface area (Å²) in [5.41, 5.74) is 5.84. The molecule has 0 aliphatic heterocycles. The van der Waals surface area contributed by atoms with Crippen LogP contribution in [0.3, 0.4) is 0 Å². The van der Waals surface area contributed by atoms with Crippen LogP contribution in [0, 0.1) is 0 Å². The third kappa shape index (κ3) is 4.40. The molecule has 0 heterocycles. The van der Waals surface area contributed by atoms with Crippen molar-refractivity contribution in [1.29, 1.82) is 0 Å². The van der Waals surface area contributed by atoms with Crippen LogP contribution in [0.15, 0.2) is 78.9 Å². The molecule has 5 nitrogen and oxygen atoms in total. The van der Waals surface area contributed by atoms with Gasteiger partial charge >= 0.3 is 0 Å². The van der Waals surface area contributed by atoms with Crippen LogP contribution < -0.4 is 10.9 Å². The van der Waals surface area contributed by atoms with Crippen molar-refractivity contribution in [3.63, 3.8) is 0 Å². The van der Waals surface area contributed by atoms with E-state index in [1.165, 1.54) is 12.1 Å². The predicted octanol–water partition coefficient (Wildman–Crippen LogP) is 3.65. The van der Waals surface area contributed by atoms with Crippen molar-refractivity contribution in [1.82, 2.24) is 10.9 Å². The fourth-order valence-corrected chi connectivity index (χ4v) is 2.70. The van der Waals surface area contributed by atoms with Gasteiger partial charge < -0.3 is 0 Å². The first kappa shape index (κ1) is 18.4. The Hall–Kier alpha value is -3.44. The molecule has 0 aromatic heterocycles. The summed E-state index contributed by atoms with van der Waals surface area (Å²) in [6.07, 6.45) is 0. The molecule has 2 amide bonds. The smallest absolute Gasteiger partial charge is 0.270 e. The summed E-state index contributed by atoms with van der Waals surface area (Å²) in [6, 6.07) is 21.4. The van der Waals surface area contributed by atoms with E-state index in [9.17, 15) is 14.4 Å². The van der Waals surface area contributed by atoms with Crippen LogP contribution in [-0.4, -0.2) is 17.6 Å². The molecule has 134 valence electrons.